The van der Waals surface area contributed by atoms with Crippen molar-refractivity contribution in [3.63, 3.8) is 0 Å². The van der Waals surface area contributed by atoms with E-state index in [2.05, 4.69) is 4.98 Å². The molecule has 1 saturated heterocycles. The standard InChI is InChI=1S/C13H17BF3NO3S/c1-11(2)12(3,4)21-14(20-11)8(6-19)5-10-18-9(7-22-10)13(15,16)17/h5,7,19H,6H2,1-4H3. The average Bonchev–Trinajstić information content (AvgIpc) is 2.89. The van der Waals surface area contributed by atoms with Gasteiger partial charge in [-0.1, -0.05) is 0 Å². The molecule has 22 heavy (non-hydrogen) atoms. The fourth-order valence-corrected chi connectivity index (χ4v) is 2.61. The lowest BCUT2D eigenvalue weighted by Crippen LogP contribution is -2.41. The lowest BCUT2D eigenvalue weighted by molar-refractivity contribution is -0.140. The molecule has 9 heteroatoms. The van der Waals surface area contributed by atoms with E-state index in [9.17, 15) is 18.3 Å². The van der Waals surface area contributed by atoms with E-state index < -0.39 is 36.8 Å². The van der Waals surface area contributed by atoms with E-state index in [0.29, 0.717) is 5.47 Å². The summed E-state index contributed by atoms with van der Waals surface area (Å²) in [6.07, 6.45) is -3.10. The lowest BCUT2D eigenvalue weighted by atomic mass is 9.78. The molecule has 0 amide bonds. The van der Waals surface area contributed by atoms with Gasteiger partial charge in [-0.05, 0) is 39.2 Å². The number of aromatic nitrogens is 1. The molecular formula is C13H17BF3NO3S. The van der Waals surface area contributed by atoms with E-state index in [0.717, 1.165) is 16.7 Å². The molecule has 0 aromatic carbocycles. The normalized spacial score (nSPS) is 21.5. The Morgan fingerprint density at radius 2 is 1.86 bits per heavy atom. The molecule has 0 unspecified atom stereocenters. The number of alkyl halides is 3. The van der Waals surface area contributed by atoms with Crippen molar-refractivity contribution in [3.05, 3.63) is 21.6 Å². The van der Waals surface area contributed by atoms with Crippen LogP contribution in [0.2, 0.25) is 0 Å². The Morgan fingerprint density at radius 1 is 1.32 bits per heavy atom. The number of aliphatic hydroxyl groups excluding tert-OH is 1. The molecule has 1 aromatic rings. The Bertz CT molecular complexity index is 567. The molecular weight excluding hydrogens is 318 g/mol. The molecule has 122 valence electrons. The SMILES string of the molecule is CC1(C)OB(C(=Cc2nc(C(F)(F)F)cs2)CO)OC1(C)C. The van der Waals surface area contributed by atoms with Gasteiger partial charge < -0.3 is 14.4 Å². The quantitative estimate of drug-likeness (QED) is 0.862. The first-order valence-corrected chi connectivity index (χ1v) is 7.54. The highest BCUT2D eigenvalue weighted by Gasteiger charge is 2.52. The molecule has 0 atom stereocenters. The summed E-state index contributed by atoms with van der Waals surface area (Å²) in [6.45, 7) is 7.03. The van der Waals surface area contributed by atoms with Gasteiger partial charge in [0.15, 0.2) is 5.69 Å². The topological polar surface area (TPSA) is 51.6 Å². The predicted octanol–water partition coefficient (Wildman–Crippen LogP) is 3.17. The molecule has 0 saturated carbocycles. The summed E-state index contributed by atoms with van der Waals surface area (Å²) in [7, 11) is -0.812. The molecule has 1 aromatic heterocycles. The van der Waals surface area contributed by atoms with Crippen molar-refractivity contribution >= 4 is 24.5 Å². The lowest BCUT2D eigenvalue weighted by Gasteiger charge is -2.32. The van der Waals surface area contributed by atoms with Crippen LogP contribution in [-0.2, 0) is 15.5 Å². The van der Waals surface area contributed by atoms with Crippen LogP contribution in [-0.4, -0.2) is 35.0 Å². The van der Waals surface area contributed by atoms with Crippen LogP contribution in [0.3, 0.4) is 0 Å². The Kier molecular flexibility index (Phi) is 4.47. The van der Waals surface area contributed by atoms with Crippen LogP contribution in [0.5, 0.6) is 0 Å². The van der Waals surface area contributed by atoms with Crippen molar-refractivity contribution in [2.45, 2.75) is 45.1 Å². The van der Waals surface area contributed by atoms with E-state index in [1.807, 2.05) is 27.7 Å². The molecule has 1 fully saturated rings. The summed E-state index contributed by atoms with van der Waals surface area (Å²) in [5.74, 6) is 0. The van der Waals surface area contributed by atoms with E-state index in [1.54, 1.807) is 0 Å². The zero-order valence-electron chi connectivity index (χ0n) is 12.7. The van der Waals surface area contributed by atoms with Gasteiger partial charge in [-0.25, -0.2) is 4.98 Å². The van der Waals surface area contributed by atoms with Gasteiger partial charge in [0.25, 0.3) is 0 Å². The summed E-state index contributed by atoms with van der Waals surface area (Å²) in [6, 6.07) is 0. The fraction of sp³-hybridized carbons (Fsp3) is 0.615. The van der Waals surface area contributed by atoms with Crippen molar-refractivity contribution in [2.24, 2.45) is 0 Å². The summed E-state index contributed by atoms with van der Waals surface area (Å²) in [5, 5.41) is 10.6. The van der Waals surface area contributed by atoms with Gasteiger partial charge in [0.1, 0.15) is 5.01 Å². The third kappa shape index (κ3) is 3.37. The number of nitrogens with zero attached hydrogens (tertiary/aromatic N) is 1. The van der Waals surface area contributed by atoms with Crippen molar-refractivity contribution in [3.8, 4) is 0 Å². The van der Waals surface area contributed by atoms with Crippen LogP contribution >= 0.6 is 11.3 Å². The second-order valence-corrected chi connectivity index (χ2v) is 6.92. The maximum absolute atomic E-state index is 12.5. The Labute approximate surface area is 131 Å². The second kappa shape index (κ2) is 5.63. The third-order valence-corrected chi connectivity index (χ3v) is 4.65. The highest BCUT2D eigenvalue weighted by molar-refractivity contribution is 7.10. The van der Waals surface area contributed by atoms with Crippen LogP contribution in [0.4, 0.5) is 13.2 Å². The van der Waals surface area contributed by atoms with Gasteiger partial charge in [0.2, 0.25) is 0 Å². The average molecular weight is 335 g/mol. The highest BCUT2D eigenvalue weighted by Crippen LogP contribution is 2.39. The summed E-state index contributed by atoms with van der Waals surface area (Å²) < 4.78 is 49.2. The van der Waals surface area contributed by atoms with E-state index in [-0.39, 0.29) is 5.01 Å². The molecule has 1 N–H and O–H groups in total. The largest absolute Gasteiger partial charge is 0.493 e. The van der Waals surface area contributed by atoms with Gasteiger partial charge in [-0.3, -0.25) is 0 Å². The molecule has 4 nitrogen and oxygen atoms in total. The zero-order valence-corrected chi connectivity index (χ0v) is 13.5. The Hall–Kier alpha value is -0.895. The predicted molar refractivity (Wildman–Crippen MR) is 78.3 cm³/mol. The molecule has 1 aliphatic rings. The first-order chi connectivity index (χ1) is 9.96. The first kappa shape index (κ1) is 17.5. The van der Waals surface area contributed by atoms with Crippen LogP contribution in [0.25, 0.3) is 6.08 Å². The third-order valence-electron chi connectivity index (χ3n) is 3.86. The van der Waals surface area contributed by atoms with Crippen molar-refractivity contribution < 1.29 is 27.6 Å². The van der Waals surface area contributed by atoms with Crippen LogP contribution in [0.1, 0.15) is 38.4 Å². The van der Waals surface area contributed by atoms with E-state index in [1.165, 1.54) is 6.08 Å². The molecule has 0 spiro atoms. The maximum atomic E-state index is 12.5. The summed E-state index contributed by atoms with van der Waals surface area (Å²) in [4.78, 5) is 3.51. The fourth-order valence-electron chi connectivity index (χ4n) is 1.83. The maximum Gasteiger partial charge on any atom is 0.493 e. The van der Waals surface area contributed by atoms with Gasteiger partial charge in [0, 0.05) is 5.38 Å². The summed E-state index contributed by atoms with van der Waals surface area (Å²) in [5.41, 5.74) is -1.80. The minimum atomic E-state index is -4.48. The van der Waals surface area contributed by atoms with Crippen molar-refractivity contribution in [1.29, 1.82) is 0 Å². The molecule has 2 heterocycles. The van der Waals surface area contributed by atoms with Gasteiger partial charge in [0.05, 0.1) is 17.8 Å². The molecule has 0 aliphatic carbocycles. The van der Waals surface area contributed by atoms with Crippen LogP contribution < -0.4 is 0 Å². The first-order valence-electron chi connectivity index (χ1n) is 6.66. The smallest absolute Gasteiger partial charge is 0.400 e. The zero-order chi connectivity index (χ0) is 16.8. The van der Waals surface area contributed by atoms with E-state index in [4.69, 9.17) is 9.31 Å². The number of hydrogen-bond donors (Lipinski definition) is 1. The molecule has 2 rings (SSSR count). The highest BCUT2D eigenvalue weighted by atomic mass is 32.1. The van der Waals surface area contributed by atoms with Crippen molar-refractivity contribution in [1.82, 2.24) is 4.98 Å². The number of halogens is 3. The minimum Gasteiger partial charge on any atom is -0.400 e. The number of thiazole rings is 1. The van der Waals surface area contributed by atoms with Gasteiger partial charge in [-0.15, -0.1) is 11.3 Å². The van der Waals surface area contributed by atoms with Crippen molar-refractivity contribution in [2.75, 3.05) is 6.61 Å². The number of aliphatic hydroxyl groups is 1. The Balaban J connectivity index is 2.24. The van der Waals surface area contributed by atoms with Gasteiger partial charge in [-0.2, -0.15) is 13.2 Å². The van der Waals surface area contributed by atoms with Crippen LogP contribution in [0.15, 0.2) is 10.9 Å². The summed E-state index contributed by atoms with van der Waals surface area (Å²) >= 11 is 0.849. The van der Waals surface area contributed by atoms with Gasteiger partial charge >= 0.3 is 13.3 Å². The van der Waals surface area contributed by atoms with E-state index >= 15 is 0 Å². The molecule has 0 bridgehead atoms. The molecule has 1 aliphatic heterocycles. The van der Waals surface area contributed by atoms with Crippen LogP contribution in [0, 0.1) is 0 Å². The monoisotopic (exact) mass is 335 g/mol. The minimum absolute atomic E-state index is 0.145. The number of rotatable bonds is 3. The Morgan fingerprint density at radius 3 is 2.27 bits per heavy atom. The molecule has 0 radical (unpaired) electrons. The number of hydrogen-bond acceptors (Lipinski definition) is 5. The second-order valence-electron chi connectivity index (χ2n) is 6.03.